The van der Waals surface area contributed by atoms with E-state index < -0.39 is 0 Å². The summed E-state index contributed by atoms with van der Waals surface area (Å²) >= 11 is 0. The molecule has 0 fully saturated rings. The fraction of sp³-hybridized carbons (Fsp3) is 0.105. The quantitative estimate of drug-likeness (QED) is 0.572. The normalized spacial score (nSPS) is 11.1. The summed E-state index contributed by atoms with van der Waals surface area (Å²) in [6, 6.07) is 16.3. The number of fused-ring (bicyclic) bond motifs is 2. The molecule has 0 saturated heterocycles. The minimum atomic E-state index is -0.382. The summed E-state index contributed by atoms with van der Waals surface area (Å²) in [6.07, 6.45) is 0. The Hall–Kier alpha value is -3.41. The van der Waals surface area contributed by atoms with E-state index >= 15 is 0 Å². The number of pyridine rings is 1. The van der Waals surface area contributed by atoms with Crippen LogP contribution in [0.3, 0.4) is 0 Å². The zero-order valence-electron chi connectivity index (χ0n) is 13.9. The minimum Gasteiger partial charge on any atom is -0.348 e. The smallest absolute Gasteiger partial charge is 0.272 e. The largest absolute Gasteiger partial charge is 0.348 e. The Bertz CT molecular complexity index is 1210. The summed E-state index contributed by atoms with van der Waals surface area (Å²) in [7, 11) is 3.62. The van der Waals surface area contributed by atoms with Crippen molar-refractivity contribution < 1.29 is 0 Å². The van der Waals surface area contributed by atoms with Gasteiger partial charge in [0.2, 0.25) is 11.4 Å². The Balaban J connectivity index is 2.22. The molecule has 0 radical (unpaired) electrons. The molecule has 0 bridgehead atoms. The fourth-order valence-electron chi connectivity index (χ4n) is 2.97. The van der Waals surface area contributed by atoms with Gasteiger partial charge >= 0.3 is 0 Å². The molecule has 0 saturated carbocycles. The van der Waals surface area contributed by atoms with Gasteiger partial charge in [0.15, 0.2) is 5.65 Å². The van der Waals surface area contributed by atoms with Gasteiger partial charge in [-0.05, 0) is 24.3 Å². The van der Waals surface area contributed by atoms with Gasteiger partial charge in [0.25, 0.3) is 5.56 Å². The molecule has 2 heterocycles. The maximum Gasteiger partial charge on any atom is 0.272 e. The second kappa shape index (κ2) is 5.59. The molecule has 0 amide bonds. The molecule has 6 nitrogen and oxygen atoms in total. The van der Waals surface area contributed by atoms with Crippen molar-refractivity contribution in [3.05, 3.63) is 75.2 Å². The van der Waals surface area contributed by atoms with Crippen molar-refractivity contribution in [3.63, 3.8) is 0 Å². The van der Waals surface area contributed by atoms with Gasteiger partial charge in [0.1, 0.15) is 5.39 Å². The highest BCUT2D eigenvalue weighted by atomic mass is 16.1. The number of anilines is 1. The second-order valence-corrected chi connectivity index (χ2v) is 6.01. The Morgan fingerprint density at radius 2 is 1.64 bits per heavy atom. The Morgan fingerprint density at radius 3 is 2.36 bits per heavy atom. The van der Waals surface area contributed by atoms with Crippen LogP contribution in [-0.2, 0) is 0 Å². The molecule has 25 heavy (non-hydrogen) atoms. The molecule has 0 unspecified atom stereocenters. The Morgan fingerprint density at radius 1 is 0.960 bits per heavy atom. The molecule has 4 rings (SSSR count). The van der Waals surface area contributed by atoms with Gasteiger partial charge in [-0.2, -0.15) is 4.98 Å². The number of benzene rings is 2. The van der Waals surface area contributed by atoms with E-state index in [1.165, 1.54) is 4.57 Å². The van der Waals surface area contributed by atoms with Crippen LogP contribution >= 0.6 is 0 Å². The van der Waals surface area contributed by atoms with Crippen molar-refractivity contribution in [1.29, 1.82) is 0 Å². The van der Waals surface area contributed by atoms with Gasteiger partial charge in [-0.3, -0.25) is 9.59 Å². The molecule has 0 spiro atoms. The monoisotopic (exact) mass is 332 g/mol. The molecule has 2 aromatic heterocycles. The molecule has 0 atom stereocenters. The summed E-state index contributed by atoms with van der Waals surface area (Å²) in [4.78, 5) is 35.5. The van der Waals surface area contributed by atoms with Crippen LogP contribution in [0.5, 0.6) is 0 Å². The number of aromatic amines is 1. The summed E-state index contributed by atoms with van der Waals surface area (Å²) < 4.78 is 1.46. The molecule has 6 heteroatoms. The van der Waals surface area contributed by atoms with E-state index in [4.69, 9.17) is 0 Å². The first-order chi connectivity index (χ1) is 12.1. The van der Waals surface area contributed by atoms with Crippen molar-refractivity contribution in [2.45, 2.75) is 0 Å². The first-order valence-corrected chi connectivity index (χ1v) is 7.88. The lowest BCUT2D eigenvalue weighted by Gasteiger charge is -2.18. The van der Waals surface area contributed by atoms with E-state index in [2.05, 4.69) is 9.97 Å². The van der Waals surface area contributed by atoms with Crippen molar-refractivity contribution >= 4 is 27.9 Å². The first-order valence-electron chi connectivity index (χ1n) is 7.88. The third-order valence-corrected chi connectivity index (χ3v) is 4.13. The van der Waals surface area contributed by atoms with Crippen LogP contribution < -0.4 is 15.9 Å². The highest BCUT2D eigenvalue weighted by Crippen LogP contribution is 2.17. The zero-order chi connectivity index (χ0) is 17.6. The van der Waals surface area contributed by atoms with Crippen molar-refractivity contribution in [2.24, 2.45) is 0 Å². The predicted molar refractivity (Wildman–Crippen MR) is 99.8 cm³/mol. The molecule has 4 aromatic rings. The average Bonchev–Trinajstić information content (AvgIpc) is 2.62. The van der Waals surface area contributed by atoms with Crippen LogP contribution in [0.4, 0.5) is 5.95 Å². The number of nitrogens with one attached hydrogen (secondary N) is 1. The number of para-hydroxylation sites is 2. The molecular weight excluding hydrogens is 316 g/mol. The number of nitrogens with zero attached hydrogens (tertiary/aromatic N) is 3. The van der Waals surface area contributed by atoms with Crippen LogP contribution in [0, 0.1) is 0 Å². The molecule has 0 aliphatic rings. The number of hydrogen-bond donors (Lipinski definition) is 1. The van der Waals surface area contributed by atoms with E-state index in [9.17, 15) is 9.59 Å². The van der Waals surface area contributed by atoms with Gasteiger partial charge in [0, 0.05) is 19.5 Å². The van der Waals surface area contributed by atoms with Gasteiger partial charge in [-0.1, -0.05) is 30.3 Å². The Kier molecular flexibility index (Phi) is 3.39. The van der Waals surface area contributed by atoms with Crippen molar-refractivity contribution in [3.8, 4) is 5.69 Å². The lowest BCUT2D eigenvalue weighted by Crippen LogP contribution is -2.30. The topological polar surface area (TPSA) is 71.0 Å². The first kappa shape index (κ1) is 15.1. The maximum atomic E-state index is 13.2. The zero-order valence-corrected chi connectivity index (χ0v) is 13.9. The summed E-state index contributed by atoms with van der Waals surface area (Å²) in [5.41, 5.74) is 0.931. The molecule has 0 aliphatic carbocycles. The van der Waals surface area contributed by atoms with Gasteiger partial charge < -0.3 is 9.88 Å². The average molecular weight is 332 g/mol. The van der Waals surface area contributed by atoms with Crippen LogP contribution in [0.25, 0.3) is 27.6 Å². The van der Waals surface area contributed by atoms with E-state index in [1.54, 1.807) is 23.1 Å². The molecule has 1 N–H and O–H groups in total. The summed E-state index contributed by atoms with van der Waals surface area (Å²) in [6.45, 7) is 0. The predicted octanol–water partition coefficient (Wildman–Crippen LogP) is 2.29. The third kappa shape index (κ3) is 2.30. The Labute approximate surface area is 143 Å². The highest BCUT2D eigenvalue weighted by molar-refractivity contribution is 5.90. The van der Waals surface area contributed by atoms with Gasteiger partial charge in [0.05, 0.1) is 11.2 Å². The number of H-pyrrole nitrogens is 1. The van der Waals surface area contributed by atoms with Crippen LogP contribution in [-0.4, -0.2) is 28.6 Å². The highest BCUT2D eigenvalue weighted by Gasteiger charge is 2.18. The molecule has 124 valence electrons. The summed E-state index contributed by atoms with van der Waals surface area (Å²) in [5, 5.41) is 0.541. The van der Waals surface area contributed by atoms with E-state index in [0.29, 0.717) is 28.2 Å². The second-order valence-electron chi connectivity index (χ2n) is 6.01. The minimum absolute atomic E-state index is 0.0631. The van der Waals surface area contributed by atoms with Gasteiger partial charge in [-0.15, -0.1) is 0 Å². The molecule has 2 aromatic carbocycles. The van der Waals surface area contributed by atoms with Crippen molar-refractivity contribution in [1.82, 2.24) is 14.5 Å². The fourth-order valence-corrected chi connectivity index (χ4v) is 2.97. The van der Waals surface area contributed by atoms with E-state index in [-0.39, 0.29) is 16.4 Å². The number of aromatic nitrogens is 3. The lowest BCUT2D eigenvalue weighted by molar-refractivity contribution is 0.893. The summed E-state index contributed by atoms with van der Waals surface area (Å²) in [5.74, 6) is 0.453. The SMILES string of the molecule is CN(C)c1nc2[nH]c3ccccc3c(=O)c2c(=O)n1-c1ccccc1. The standard InChI is InChI=1S/C19H16N4O2/c1-22(2)19-21-17-15(16(24)13-10-6-7-11-14(13)20-17)18(25)23(19)12-8-4-3-5-9-12/h3-11H,1-2H3,(H,20,24). The number of hydrogen-bond acceptors (Lipinski definition) is 4. The molecular formula is C19H16N4O2. The molecule has 0 aliphatic heterocycles. The third-order valence-electron chi connectivity index (χ3n) is 4.13. The van der Waals surface area contributed by atoms with E-state index in [1.807, 2.05) is 50.5 Å². The van der Waals surface area contributed by atoms with Crippen LogP contribution in [0.2, 0.25) is 0 Å². The van der Waals surface area contributed by atoms with Crippen LogP contribution in [0.1, 0.15) is 0 Å². The lowest BCUT2D eigenvalue weighted by atomic mass is 10.1. The van der Waals surface area contributed by atoms with Gasteiger partial charge in [-0.25, -0.2) is 4.57 Å². The number of rotatable bonds is 2. The maximum absolute atomic E-state index is 13.2. The van der Waals surface area contributed by atoms with Crippen molar-refractivity contribution in [2.75, 3.05) is 19.0 Å². The van der Waals surface area contributed by atoms with E-state index in [0.717, 1.165) is 0 Å². The van der Waals surface area contributed by atoms with Crippen LogP contribution in [0.15, 0.2) is 64.2 Å².